The van der Waals surface area contributed by atoms with E-state index in [0.717, 1.165) is 15.9 Å². The quantitative estimate of drug-likeness (QED) is 0.925. The van der Waals surface area contributed by atoms with Crippen molar-refractivity contribution < 1.29 is 0 Å². The van der Waals surface area contributed by atoms with Gasteiger partial charge in [0, 0.05) is 17.2 Å². The third kappa shape index (κ3) is 2.32. The fourth-order valence-electron chi connectivity index (χ4n) is 1.61. The molecule has 0 unspecified atom stereocenters. The van der Waals surface area contributed by atoms with Crippen molar-refractivity contribution in [3.8, 4) is 6.07 Å². The summed E-state index contributed by atoms with van der Waals surface area (Å²) in [5, 5.41) is 16.5. The predicted octanol–water partition coefficient (Wildman–Crippen LogP) is 3.11. The number of aromatic nitrogens is 2. The first-order valence-corrected chi connectivity index (χ1v) is 5.87. The molecule has 0 radical (unpaired) electrons. The van der Waals surface area contributed by atoms with Gasteiger partial charge in [-0.1, -0.05) is 15.9 Å². The molecule has 0 amide bonds. The van der Waals surface area contributed by atoms with Gasteiger partial charge in [0.15, 0.2) is 0 Å². The molecule has 0 saturated carbocycles. The zero-order valence-electron chi connectivity index (χ0n) is 9.53. The van der Waals surface area contributed by atoms with Crippen molar-refractivity contribution in [2.45, 2.75) is 6.92 Å². The highest BCUT2D eigenvalue weighted by molar-refractivity contribution is 9.10. The molecule has 1 aromatic carbocycles. The van der Waals surface area contributed by atoms with E-state index in [1.165, 1.54) is 0 Å². The van der Waals surface area contributed by atoms with Crippen molar-refractivity contribution in [3.05, 3.63) is 40.0 Å². The van der Waals surface area contributed by atoms with Gasteiger partial charge in [0.1, 0.15) is 17.5 Å². The third-order valence-electron chi connectivity index (χ3n) is 2.44. The standard InChI is InChI=1S/C12H11BrN4/c1-8-11(7-14)12(17(2)16-8)15-10-5-3-9(13)4-6-10/h3-6,15H,1-2H3. The Hall–Kier alpha value is -1.80. The summed E-state index contributed by atoms with van der Waals surface area (Å²) < 4.78 is 2.69. The van der Waals surface area contributed by atoms with Crippen LogP contribution in [-0.4, -0.2) is 9.78 Å². The maximum atomic E-state index is 9.08. The van der Waals surface area contributed by atoms with Gasteiger partial charge in [0.25, 0.3) is 0 Å². The summed E-state index contributed by atoms with van der Waals surface area (Å²) in [6, 6.07) is 9.92. The van der Waals surface area contributed by atoms with E-state index in [9.17, 15) is 0 Å². The molecule has 0 spiro atoms. The van der Waals surface area contributed by atoms with Gasteiger partial charge in [-0.25, -0.2) is 0 Å². The molecule has 2 rings (SSSR count). The van der Waals surface area contributed by atoms with Gasteiger partial charge in [-0.05, 0) is 31.2 Å². The minimum absolute atomic E-state index is 0.579. The average Bonchev–Trinajstić information content (AvgIpc) is 2.57. The Labute approximate surface area is 108 Å². The van der Waals surface area contributed by atoms with E-state index in [1.807, 2.05) is 38.2 Å². The highest BCUT2D eigenvalue weighted by Gasteiger charge is 2.12. The number of benzene rings is 1. The minimum atomic E-state index is 0.579. The summed E-state index contributed by atoms with van der Waals surface area (Å²) in [5.41, 5.74) is 2.23. The van der Waals surface area contributed by atoms with Gasteiger partial charge in [-0.2, -0.15) is 10.4 Å². The molecule has 17 heavy (non-hydrogen) atoms. The fourth-order valence-corrected chi connectivity index (χ4v) is 1.87. The van der Waals surface area contributed by atoms with Gasteiger partial charge < -0.3 is 5.32 Å². The summed E-state index contributed by atoms with van der Waals surface area (Å²) in [5.74, 6) is 0.715. The molecule has 0 fully saturated rings. The lowest BCUT2D eigenvalue weighted by atomic mass is 10.2. The van der Waals surface area contributed by atoms with Crippen molar-refractivity contribution in [1.29, 1.82) is 5.26 Å². The van der Waals surface area contributed by atoms with Crippen LogP contribution in [-0.2, 0) is 7.05 Å². The number of anilines is 2. The number of hydrogen-bond acceptors (Lipinski definition) is 3. The highest BCUT2D eigenvalue weighted by Crippen LogP contribution is 2.23. The molecule has 86 valence electrons. The van der Waals surface area contributed by atoms with E-state index < -0.39 is 0 Å². The van der Waals surface area contributed by atoms with Crippen LogP contribution in [0.3, 0.4) is 0 Å². The molecule has 0 aliphatic carbocycles. The van der Waals surface area contributed by atoms with E-state index in [2.05, 4.69) is 32.4 Å². The molecule has 4 nitrogen and oxygen atoms in total. The van der Waals surface area contributed by atoms with Crippen molar-refractivity contribution in [2.24, 2.45) is 7.05 Å². The molecule has 1 aromatic heterocycles. The Bertz CT molecular complexity index is 578. The number of nitrogens with zero attached hydrogens (tertiary/aromatic N) is 3. The Morgan fingerprint density at radius 3 is 2.59 bits per heavy atom. The predicted molar refractivity (Wildman–Crippen MR) is 70.1 cm³/mol. The summed E-state index contributed by atoms with van der Waals surface area (Å²) in [4.78, 5) is 0. The van der Waals surface area contributed by atoms with Gasteiger partial charge in [0.05, 0.1) is 5.69 Å². The SMILES string of the molecule is Cc1nn(C)c(Nc2ccc(Br)cc2)c1C#N. The number of nitriles is 1. The second kappa shape index (κ2) is 4.60. The molecular weight excluding hydrogens is 280 g/mol. The van der Waals surface area contributed by atoms with Crippen molar-refractivity contribution >= 4 is 27.4 Å². The van der Waals surface area contributed by atoms with E-state index in [4.69, 9.17) is 5.26 Å². The topological polar surface area (TPSA) is 53.6 Å². The highest BCUT2D eigenvalue weighted by atomic mass is 79.9. The van der Waals surface area contributed by atoms with Crippen LogP contribution in [0, 0.1) is 18.3 Å². The molecule has 0 aliphatic rings. The third-order valence-corrected chi connectivity index (χ3v) is 2.97. The molecule has 0 aliphatic heterocycles. The Morgan fingerprint density at radius 2 is 2.00 bits per heavy atom. The van der Waals surface area contributed by atoms with Crippen molar-refractivity contribution in [1.82, 2.24) is 9.78 Å². The first-order chi connectivity index (χ1) is 8.11. The van der Waals surface area contributed by atoms with Crippen LogP contribution in [0.1, 0.15) is 11.3 Å². The number of nitrogens with one attached hydrogen (secondary N) is 1. The molecule has 0 bridgehead atoms. The fraction of sp³-hybridized carbons (Fsp3) is 0.167. The second-order valence-electron chi connectivity index (χ2n) is 3.68. The zero-order chi connectivity index (χ0) is 12.4. The van der Waals surface area contributed by atoms with Crippen LogP contribution >= 0.6 is 15.9 Å². The van der Waals surface area contributed by atoms with E-state index >= 15 is 0 Å². The largest absolute Gasteiger partial charge is 0.339 e. The molecule has 0 saturated heterocycles. The van der Waals surface area contributed by atoms with Crippen LogP contribution in [0.15, 0.2) is 28.7 Å². The Balaban J connectivity index is 2.36. The van der Waals surface area contributed by atoms with Gasteiger partial charge in [-0.15, -0.1) is 0 Å². The van der Waals surface area contributed by atoms with Crippen LogP contribution < -0.4 is 5.32 Å². The van der Waals surface area contributed by atoms with E-state index in [0.29, 0.717) is 11.4 Å². The normalized spacial score (nSPS) is 10.0. The molecule has 2 aromatic rings. The summed E-state index contributed by atoms with van der Waals surface area (Å²) >= 11 is 3.38. The number of hydrogen-bond donors (Lipinski definition) is 1. The van der Waals surface area contributed by atoms with Crippen molar-refractivity contribution in [2.75, 3.05) is 5.32 Å². The maximum Gasteiger partial charge on any atom is 0.146 e. The lowest BCUT2D eigenvalue weighted by Gasteiger charge is -2.06. The average molecular weight is 291 g/mol. The van der Waals surface area contributed by atoms with Crippen LogP contribution in [0.2, 0.25) is 0 Å². The monoisotopic (exact) mass is 290 g/mol. The lowest BCUT2D eigenvalue weighted by Crippen LogP contribution is -2.00. The van der Waals surface area contributed by atoms with Gasteiger partial charge in [-0.3, -0.25) is 4.68 Å². The van der Waals surface area contributed by atoms with Crippen LogP contribution in [0.4, 0.5) is 11.5 Å². The van der Waals surface area contributed by atoms with Crippen molar-refractivity contribution in [3.63, 3.8) is 0 Å². The zero-order valence-corrected chi connectivity index (χ0v) is 11.1. The second-order valence-corrected chi connectivity index (χ2v) is 4.59. The molecule has 1 N–H and O–H groups in total. The van der Waals surface area contributed by atoms with Crippen LogP contribution in [0.25, 0.3) is 0 Å². The Kier molecular flexibility index (Phi) is 3.16. The maximum absolute atomic E-state index is 9.08. The first-order valence-electron chi connectivity index (χ1n) is 5.08. The summed E-state index contributed by atoms with van der Waals surface area (Å²) in [7, 11) is 1.81. The first kappa shape index (κ1) is 11.7. The van der Waals surface area contributed by atoms with Gasteiger partial charge >= 0.3 is 0 Å². The number of halogens is 1. The minimum Gasteiger partial charge on any atom is -0.339 e. The smallest absolute Gasteiger partial charge is 0.146 e. The molecule has 1 heterocycles. The Morgan fingerprint density at radius 1 is 1.35 bits per heavy atom. The van der Waals surface area contributed by atoms with E-state index in [1.54, 1.807) is 4.68 Å². The number of aryl methyl sites for hydroxylation is 2. The lowest BCUT2D eigenvalue weighted by molar-refractivity contribution is 0.765. The molecule has 5 heteroatoms. The molecular formula is C12H11BrN4. The number of rotatable bonds is 2. The molecule has 0 atom stereocenters. The van der Waals surface area contributed by atoms with E-state index in [-0.39, 0.29) is 0 Å². The summed E-state index contributed by atoms with van der Waals surface area (Å²) in [6.45, 7) is 1.82. The van der Waals surface area contributed by atoms with Gasteiger partial charge in [0.2, 0.25) is 0 Å². The summed E-state index contributed by atoms with van der Waals surface area (Å²) in [6.07, 6.45) is 0. The van der Waals surface area contributed by atoms with Crippen LogP contribution in [0.5, 0.6) is 0 Å².